The molecule has 2 aromatic rings. The van der Waals surface area contributed by atoms with Crippen LogP contribution in [0.4, 0.5) is 0 Å². The lowest BCUT2D eigenvalue weighted by Gasteiger charge is -2.15. The van der Waals surface area contributed by atoms with Crippen molar-refractivity contribution in [3.8, 4) is 5.75 Å². The molecular weight excluding hydrogens is 252 g/mol. The number of ether oxygens (including phenoxy) is 1. The van der Waals surface area contributed by atoms with Crippen LogP contribution in [0.25, 0.3) is 0 Å². The lowest BCUT2D eigenvalue weighted by atomic mass is 10.0. The molecule has 4 nitrogen and oxygen atoms in total. The molecule has 0 aliphatic rings. The third-order valence-corrected chi connectivity index (χ3v) is 3.68. The summed E-state index contributed by atoms with van der Waals surface area (Å²) in [6.45, 7) is 6.88. The van der Waals surface area contributed by atoms with Gasteiger partial charge in [-0.05, 0) is 37.5 Å². The van der Waals surface area contributed by atoms with E-state index in [1.807, 2.05) is 6.92 Å². The molecule has 1 unspecified atom stereocenters. The average molecular weight is 274 g/mol. The van der Waals surface area contributed by atoms with Crippen molar-refractivity contribution in [2.24, 2.45) is 0 Å². The quantitative estimate of drug-likeness (QED) is 0.912. The molecule has 1 heterocycles. The number of aryl methyl sites for hydroxylation is 3. The first kappa shape index (κ1) is 14.6. The molecule has 4 heteroatoms. The number of rotatable bonds is 5. The standard InChI is InChI=1S/C16H22N2O2/c1-5-18-16(15(20-4)10-17-18)14(19)9-13-7-6-11(2)12(3)8-13/h6-8,10,14,19H,5,9H2,1-4H3. The summed E-state index contributed by atoms with van der Waals surface area (Å²) in [6, 6.07) is 6.27. The van der Waals surface area contributed by atoms with Crippen molar-refractivity contribution < 1.29 is 9.84 Å². The minimum absolute atomic E-state index is 0.559. The van der Waals surface area contributed by atoms with Crippen molar-refractivity contribution in [2.45, 2.75) is 39.8 Å². The molecule has 1 N–H and O–H groups in total. The van der Waals surface area contributed by atoms with E-state index in [1.54, 1.807) is 18.0 Å². The first-order chi connectivity index (χ1) is 9.56. The van der Waals surface area contributed by atoms with E-state index in [0.717, 1.165) is 11.3 Å². The van der Waals surface area contributed by atoms with Crippen LogP contribution in [0.5, 0.6) is 5.75 Å². The maximum Gasteiger partial charge on any atom is 0.162 e. The van der Waals surface area contributed by atoms with Crippen LogP contribution in [0.2, 0.25) is 0 Å². The van der Waals surface area contributed by atoms with Crippen molar-refractivity contribution in [3.63, 3.8) is 0 Å². The highest BCUT2D eigenvalue weighted by Crippen LogP contribution is 2.27. The van der Waals surface area contributed by atoms with Crippen molar-refractivity contribution >= 4 is 0 Å². The summed E-state index contributed by atoms with van der Waals surface area (Å²) < 4.78 is 7.07. The van der Waals surface area contributed by atoms with Gasteiger partial charge in [-0.15, -0.1) is 0 Å². The molecule has 0 aliphatic carbocycles. The summed E-state index contributed by atoms with van der Waals surface area (Å²) in [5, 5.41) is 14.7. The number of aromatic nitrogens is 2. The Morgan fingerprint density at radius 1 is 1.30 bits per heavy atom. The number of hydrogen-bond acceptors (Lipinski definition) is 3. The van der Waals surface area contributed by atoms with Crippen LogP contribution in [0.15, 0.2) is 24.4 Å². The lowest BCUT2D eigenvalue weighted by molar-refractivity contribution is 0.162. The van der Waals surface area contributed by atoms with Gasteiger partial charge in [0.2, 0.25) is 0 Å². The molecule has 20 heavy (non-hydrogen) atoms. The molecule has 0 radical (unpaired) electrons. The monoisotopic (exact) mass is 274 g/mol. The molecule has 1 aromatic heterocycles. The van der Waals surface area contributed by atoms with Crippen LogP contribution >= 0.6 is 0 Å². The molecule has 0 bridgehead atoms. The van der Waals surface area contributed by atoms with Crippen LogP contribution in [0.3, 0.4) is 0 Å². The smallest absolute Gasteiger partial charge is 0.162 e. The summed E-state index contributed by atoms with van der Waals surface area (Å²) in [7, 11) is 1.60. The summed E-state index contributed by atoms with van der Waals surface area (Å²) in [5.74, 6) is 0.642. The number of nitrogens with zero attached hydrogens (tertiary/aromatic N) is 2. The number of aliphatic hydroxyl groups excluding tert-OH is 1. The molecule has 0 spiro atoms. The molecular formula is C16H22N2O2. The van der Waals surface area contributed by atoms with Gasteiger partial charge in [0, 0.05) is 13.0 Å². The minimum Gasteiger partial charge on any atom is -0.493 e. The largest absolute Gasteiger partial charge is 0.493 e. The topological polar surface area (TPSA) is 47.3 Å². The van der Waals surface area contributed by atoms with Gasteiger partial charge in [0.15, 0.2) is 5.75 Å². The van der Waals surface area contributed by atoms with Crippen molar-refractivity contribution in [1.29, 1.82) is 0 Å². The van der Waals surface area contributed by atoms with Gasteiger partial charge in [0.1, 0.15) is 11.8 Å². The molecule has 0 fully saturated rings. The maximum absolute atomic E-state index is 10.5. The van der Waals surface area contributed by atoms with Crippen molar-refractivity contribution in [3.05, 3.63) is 46.8 Å². The zero-order valence-corrected chi connectivity index (χ0v) is 12.6. The normalized spacial score (nSPS) is 12.4. The Balaban J connectivity index is 2.25. The van der Waals surface area contributed by atoms with Crippen LogP contribution in [0.1, 0.15) is 35.4 Å². The van der Waals surface area contributed by atoms with Gasteiger partial charge >= 0.3 is 0 Å². The van der Waals surface area contributed by atoms with Gasteiger partial charge in [-0.25, -0.2) is 0 Å². The number of benzene rings is 1. The first-order valence-corrected chi connectivity index (χ1v) is 6.90. The van der Waals surface area contributed by atoms with E-state index >= 15 is 0 Å². The number of methoxy groups -OCH3 is 1. The van der Waals surface area contributed by atoms with Crippen LogP contribution in [0, 0.1) is 13.8 Å². The Kier molecular flexibility index (Phi) is 4.45. The molecule has 0 saturated heterocycles. The highest BCUT2D eigenvalue weighted by atomic mass is 16.5. The van der Waals surface area contributed by atoms with E-state index in [-0.39, 0.29) is 0 Å². The summed E-state index contributed by atoms with van der Waals surface area (Å²) in [4.78, 5) is 0. The molecule has 2 rings (SSSR count). The average Bonchev–Trinajstić information content (AvgIpc) is 2.86. The highest BCUT2D eigenvalue weighted by molar-refractivity contribution is 5.33. The first-order valence-electron chi connectivity index (χ1n) is 6.90. The summed E-state index contributed by atoms with van der Waals surface area (Å²) in [5.41, 5.74) is 4.37. The van der Waals surface area contributed by atoms with E-state index in [2.05, 4.69) is 37.1 Å². The lowest BCUT2D eigenvalue weighted by Crippen LogP contribution is -2.11. The fourth-order valence-electron chi connectivity index (χ4n) is 2.37. The minimum atomic E-state index is -0.616. The second-order valence-electron chi connectivity index (χ2n) is 5.05. The van der Waals surface area contributed by atoms with Gasteiger partial charge in [-0.3, -0.25) is 4.68 Å². The van der Waals surface area contributed by atoms with E-state index in [4.69, 9.17) is 4.74 Å². The predicted molar refractivity (Wildman–Crippen MR) is 79.0 cm³/mol. The van der Waals surface area contributed by atoms with Crippen LogP contribution < -0.4 is 4.74 Å². The summed E-state index contributed by atoms with van der Waals surface area (Å²) >= 11 is 0. The van der Waals surface area contributed by atoms with Gasteiger partial charge in [-0.2, -0.15) is 5.10 Å². The van der Waals surface area contributed by atoms with Gasteiger partial charge < -0.3 is 9.84 Å². The SMILES string of the molecule is CCn1ncc(OC)c1C(O)Cc1ccc(C)c(C)c1. The Hall–Kier alpha value is -1.81. The molecule has 0 amide bonds. The van der Waals surface area contributed by atoms with E-state index in [9.17, 15) is 5.11 Å². The fourth-order valence-corrected chi connectivity index (χ4v) is 2.37. The van der Waals surface area contributed by atoms with Crippen molar-refractivity contribution in [2.75, 3.05) is 7.11 Å². The Morgan fingerprint density at radius 3 is 2.65 bits per heavy atom. The van der Waals surface area contributed by atoms with Crippen LogP contribution in [-0.2, 0) is 13.0 Å². The fraction of sp³-hybridized carbons (Fsp3) is 0.438. The van der Waals surface area contributed by atoms with Gasteiger partial charge in [0.25, 0.3) is 0 Å². The molecule has 1 atom stereocenters. The van der Waals surface area contributed by atoms with E-state index in [1.165, 1.54) is 11.1 Å². The predicted octanol–water partition coefficient (Wildman–Crippen LogP) is 2.80. The maximum atomic E-state index is 10.5. The number of aliphatic hydroxyl groups is 1. The second kappa shape index (κ2) is 6.09. The van der Waals surface area contributed by atoms with E-state index < -0.39 is 6.10 Å². The van der Waals surface area contributed by atoms with Crippen molar-refractivity contribution in [1.82, 2.24) is 9.78 Å². The third-order valence-electron chi connectivity index (χ3n) is 3.68. The van der Waals surface area contributed by atoms with E-state index in [0.29, 0.717) is 18.7 Å². The Bertz CT molecular complexity index is 569. The Morgan fingerprint density at radius 2 is 2.05 bits per heavy atom. The third kappa shape index (κ3) is 2.85. The molecule has 1 aromatic carbocycles. The highest BCUT2D eigenvalue weighted by Gasteiger charge is 2.19. The molecule has 0 aliphatic heterocycles. The van der Waals surface area contributed by atoms with Gasteiger partial charge in [0.05, 0.1) is 13.3 Å². The van der Waals surface area contributed by atoms with Crippen LogP contribution in [-0.4, -0.2) is 22.0 Å². The van der Waals surface area contributed by atoms with Gasteiger partial charge in [-0.1, -0.05) is 18.2 Å². The molecule has 0 saturated carbocycles. The number of hydrogen-bond donors (Lipinski definition) is 1. The zero-order valence-electron chi connectivity index (χ0n) is 12.6. The Labute approximate surface area is 120 Å². The zero-order chi connectivity index (χ0) is 14.7. The molecule has 108 valence electrons. The second-order valence-corrected chi connectivity index (χ2v) is 5.05. The summed E-state index contributed by atoms with van der Waals surface area (Å²) in [6.07, 6.45) is 1.60.